The zero-order chi connectivity index (χ0) is 23.8. The Kier molecular flexibility index (Phi) is 8.84. The fourth-order valence-corrected chi connectivity index (χ4v) is 4.83. The Morgan fingerprint density at radius 1 is 1.03 bits per heavy atom. The minimum Gasteiger partial charge on any atom is -0.491 e. The lowest BCUT2D eigenvalue weighted by Crippen LogP contribution is -2.58. The summed E-state index contributed by atoms with van der Waals surface area (Å²) in [6.45, 7) is 6.83. The number of aryl methyl sites for hydroxylation is 1. The molecule has 2 aliphatic rings. The summed E-state index contributed by atoms with van der Waals surface area (Å²) in [6.07, 6.45) is 2.46. The van der Waals surface area contributed by atoms with Crippen LogP contribution in [-0.2, 0) is 16.0 Å². The molecule has 34 heavy (non-hydrogen) atoms. The number of piperazine rings is 1. The average Bonchev–Trinajstić information content (AvgIpc) is 2.85. The number of morpholine rings is 1. The molecular formula is C27H36ClN3O3. The van der Waals surface area contributed by atoms with Crippen molar-refractivity contribution < 1.29 is 14.3 Å². The van der Waals surface area contributed by atoms with Crippen LogP contribution in [0.1, 0.15) is 18.4 Å². The summed E-state index contributed by atoms with van der Waals surface area (Å²) in [5, 5.41) is 0.672. The Bertz CT molecular complexity index is 903. The molecule has 0 aliphatic carbocycles. The van der Waals surface area contributed by atoms with Crippen LogP contribution in [0.3, 0.4) is 0 Å². The third-order valence-corrected chi connectivity index (χ3v) is 7.01. The van der Waals surface area contributed by atoms with Crippen LogP contribution in [0.15, 0.2) is 54.6 Å². The highest BCUT2D eigenvalue weighted by atomic mass is 35.5. The van der Waals surface area contributed by atoms with Crippen molar-refractivity contribution in [1.29, 1.82) is 0 Å². The van der Waals surface area contributed by atoms with E-state index in [1.54, 1.807) is 0 Å². The minimum atomic E-state index is -0.662. The molecule has 0 spiro atoms. The van der Waals surface area contributed by atoms with Gasteiger partial charge in [0.1, 0.15) is 18.0 Å². The maximum atomic E-state index is 13.3. The van der Waals surface area contributed by atoms with Crippen LogP contribution in [0.4, 0.5) is 0 Å². The van der Waals surface area contributed by atoms with E-state index in [0.29, 0.717) is 31.2 Å². The van der Waals surface area contributed by atoms with Crippen molar-refractivity contribution in [2.45, 2.75) is 24.9 Å². The molecule has 7 heteroatoms. The van der Waals surface area contributed by atoms with Crippen LogP contribution >= 0.6 is 11.6 Å². The van der Waals surface area contributed by atoms with Gasteiger partial charge in [0, 0.05) is 44.3 Å². The number of nitrogens with zero attached hydrogens (tertiary/aromatic N) is 3. The Morgan fingerprint density at radius 2 is 1.76 bits per heavy atom. The number of rotatable bonds is 9. The molecule has 2 heterocycles. The first-order valence-electron chi connectivity index (χ1n) is 12.3. The maximum absolute atomic E-state index is 13.3. The molecule has 0 aromatic heterocycles. The number of halogens is 1. The van der Waals surface area contributed by atoms with Crippen LogP contribution in [0.5, 0.6) is 5.75 Å². The largest absolute Gasteiger partial charge is 0.491 e. The molecule has 0 bridgehead atoms. The van der Waals surface area contributed by atoms with Gasteiger partial charge in [-0.3, -0.25) is 9.69 Å². The molecular weight excluding hydrogens is 450 g/mol. The van der Waals surface area contributed by atoms with Crippen LogP contribution in [0, 0.1) is 0 Å². The van der Waals surface area contributed by atoms with Crippen molar-refractivity contribution in [2.75, 3.05) is 66.1 Å². The van der Waals surface area contributed by atoms with E-state index in [-0.39, 0.29) is 5.91 Å². The first-order chi connectivity index (χ1) is 16.5. The topological polar surface area (TPSA) is 45.2 Å². The number of carbonyl (C=O) groups excluding carboxylic acids is 1. The molecule has 2 saturated heterocycles. The van der Waals surface area contributed by atoms with Crippen LogP contribution in [-0.4, -0.2) is 92.3 Å². The monoisotopic (exact) mass is 485 g/mol. The highest BCUT2D eigenvalue weighted by Crippen LogP contribution is 2.26. The molecule has 1 amide bonds. The van der Waals surface area contributed by atoms with Gasteiger partial charge in [0.25, 0.3) is 0 Å². The Hall–Kier alpha value is -2.12. The zero-order valence-electron chi connectivity index (χ0n) is 20.1. The maximum Gasteiger partial charge on any atom is 0.225 e. The van der Waals surface area contributed by atoms with Crippen molar-refractivity contribution >= 4 is 17.5 Å². The second-order valence-corrected chi connectivity index (χ2v) is 9.94. The fourth-order valence-electron chi connectivity index (χ4n) is 4.70. The first kappa shape index (κ1) is 25.0. The molecule has 6 nitrogen and oxygen atoms in total. The average molecular weight is 486 g/mol. The van der Waals surface area contributed by atoms with Crippen molar-refractivity contribution in [3.63, 3.8) is 0 Å². The molecule has 2 aromatic rings. The molecule has 4 rings (SSSR count). The molecule has 2 aliphatic heterocycles. The van der Waals surface area contributed by atoms with Crippen LogP contribution < -0.4 is 4.74 Å². The molecule has 0 radical (unpaired) electrons. The number of amides is 1. The predicted molar refractivity (Wildman–Crippen MR) is 136 cm³/mol. The Labute approximate surface area is 208 Å². The lowest BCUT2D eigenvalue weighted by molar-refractivity contribution is -0.157. The summed E-state index contributed by atoms with van der Waals surface area (Å²) in [7, 11) is 2.10. The van der Waals surface area contributed by atoms with Gasteiger partial charge in [0.2, 0.25) is 5.91 Å². The molecule has 184 valence electrons. The van der Waals surface area contributed by atoms with Gasteiger partial charge in [-0.15, -0.1) is 0 Å². The van der Waals surface area contributed by atoms with E-state index in [2.05, 4.69) is 47.2 Å². The Balaban J connectivity index is 1.40. The summed E-state index contributed by atoms with van der Waals surface area (Å²) in [5.74, 6) is 0.888. The summed E-state index contributed by atoms with van der Waals surface area (Å²) in [4.78, 5) is 19.9. The van der Waals surface area contributed by atoms with E-state index in [4.69, 9.17) is 21.1 Å². The van der Waals surface area contributed by atoms with Crippen molar-refractivity contribution in [3.05, 3.63) is 65.2 Å². The van der Waals surface area contributed by atoms with E-state index < -0.39 is 5.60 Å². The van der Waals surface area contributed by atoms with Gasteiger partial charge in [-0.2, -0.15) is 0 Å². The predicted octanol–water partition coefficient (Wildman–Crippen LogP) is 3.59. The van der Waals surface area contributed by atoms with E-state index in [1.165, 1.54) is 5.56 Å². The van der Waals surface area contributed by atoms with Crippen molar-refractivity contribution in [2.24, 2.45) is 0 Å². The summed E-state index contributed by atoms with van der Waals surface area (Å²) < 4.78 is 12.5. The number of ether oxygens (including phenoxy) is 2. The highest BCUT2D eigenvalue weighted by molar-refractivity contribution is 6.30. The first-order valence-corrected chi connectivity index (χ1v) is 12.6. The molecule has 1 atom stereocenters. The summed E-state index contributed by atoms with van der Waals surface area (Å²) in [6, 6.07) is 17.9. The number of likely N-dealkylation sites (N-methyl/N-ethyl adjacent to an activating group) is 1. The molecule has 0 unspecified atom stereocenters. The lowest BCUT2D eigenvalue weighted by Gasteiger charge is -2.43. The third kappa shape index (κ3) is 7.19. The lowest BCUT2D eigenvalue weighted by atomic mass is 9.96. The Morgan fingerprint density at radius 3 is 2.50 bits per heavy atom. The van der Waals surface area contributed by atoms with E-state index >= 15 is 0 Å². The van der Waals surface area contributed by atoms with Gasteiger partial charge < -0.3 is 19.3 Å². The smallest absolute Gasteiger partial charge is 0.225 e. The SMILES string of the molecule is CN1CCN(C(=O)C[C@]2(COc3ccc(Cl)cc3)CN(CCCc3ccccc3)CCO2)CC1. The van der Waals surface area contributed by atoms with E-state index in [9.17, 15) is 4.79 Å². The van der Waals surface area contributed by atoms with Gasteiger partial charge >= 0.3 is 0 Å². The fraction of sp³-hybridized carbons (Fsp3) is 0.519. The van der Waals surface area contributed by atoms with E-state index in [1.807, 2.05) is 29.2 Å². The van der Waals surface area contributed by atoms with Gasteiger partial charge in [-0.25, -0.2) is 0 Å². The third-order valence-electron chi connectivity index (χ3n) is 6.76. The zero-order valence-corrected chi connectivity index (χ0v) is 20.9. The number of hydrogen-bond acceptors (Lipinski definition) is 5. The second-order valence-electron chi connectivity index (χ2n) is 9.50. The molecule has 2 fully saturated rings. The van der Waals surface area contributed by atoms with Crippen LogP contribution in [0.25, 0.3) is 0 Å². The van der Waals surface area contributed by atoms with Gasteiger partial charge in [-0.1, -0.05) is 41.9 Å². The highest BCUT2D eigenvalue weighted by Gasteiger charge is 2.41. The molecule has 0 saturated carbocycles. The normalized spacial score (nSPS) is 22.0. The summed E-state index contributed by atoms with van der Waals surface area (Å²) in [5.41, 5.74) is 0.698. The van der Waals surface area contributed by atoms with Crippen molar-refractivity contribution in [3.8, 4) is 5.75 Å². The van der Waals surface area contributed by atoms with E-state index in [0.717, 1.165) is 57.9 Å². The van der Waals surface area contributed by atoms with Gasteiger partial charge in [0.15, 0.2) is 0 Å². The number of carbonyl (C=O) groups is 1. The van der Waals surface area contributed by atoms with Gasteiger partial charge in [0.05, 0.1) is 13.0 Å². The standard InChI is InChI=1S/C27H36ClN3O3/c1-29-14-16-31(17-15-29)26(32)20-27(22-33-25-11-9-24(28)10-12-25)21-30(18-19-34-27)13-5-8-23-6-3-2-4-7-23/h2-4,6-7,9-12H,5,8,13-22H2,1H3/t27-/m1/s1. The minimum absolute atomic E-state index is 0.152. The van der Waals surface area contributed by atoms with Crippen LogP contribution in [0.2, 0.25) is 5.02 Å². The number of hydrogen-bond donors (Lipinski definition) is 0. The number of benzene rings is 2. The van der Waals surface area contributed by atoms with Crippen molar-refractivity contribution in [1.82, 2.24) is 14.7 Å². The second kappa shape index (κ2) is 12.0. The summed E-state index contributed by atoms with van der Waals surface area (Å²) >= 11 is 6.02. The van der Waals surface area contributed by atoms with Gasteiger partial charge in [-0.05, 0) is 56.3 Å². The quantitative estimate of drug-likeness (QED) is 0.543. The molecule has 0 N–H and O–H groups in total. The molecule has 2 aromatic carbocycles.